The Morgan fingerprint density at radius 1 is 1.15 bits per heavy atom. The minimum absolute atomic E-state index is 0.0666. The molecule has 2 atom stereocenters. The number of aliphatic carboxylic acids is 1. The van der Waals surface area contributed by atoms with E-state index in [1.54, 1.807) is 0 Å². The van der Waals surface area contributed by atoms with Crippen molar-refractivity contribution < 1.29 is 19.7 Å². The van der Waals surface area contributed by atoms with Crippen molar-refractivity contribution in [2.75, 3.05) is 5.43 Å². The zero-order valence-electron chi connectivity index (χ0n) is 14.3. The van der Waals surface area contributed by atoms with Gasteiger partial charge in [0.25, 0.3) is 5.69 Å². The van der Waals surface area contributed by atoms with Crippen LogP contribution in [0.3, 0.4) is 0 Å². The first-order chi connectivity index (χ1) is 12.8. The topological polar surface area (TPSA) is 148 Å². The number of nitrogens with zero attached hydrogens (tertiary/aromatic N) is 3. The van der Waals surface area contributed by atoms with Crippen molar-refractivity contribution in [3.63, 3.8) is 0 Å². The third-order valence-corrected chi connectivity index (χ3v) is 6.17. The number of carboxylic acids is 1. The molecule has 0 heterocycles. The predicted octanol–water partition coefficient (Wildman–Crippen LogP) is 3.18. The summed E-state index contributed by atoms with van der Waals surface area (Å²) in [5, 5.41) is 36.1. The number of nitro groups is 2. The van der Waals surface area contributed by atoms with Crippen LogP contribution >= 0.6 is 0 Å². The van der Waals surface area contributed by atoms with Gasteiger partial charge in [-0.15, -0.1) is 0 Å². The second kappa shape index (κ2) is 6.00. The molecule has 4 fully saturated rings. The van der Waals surface area contributed by atoms with Crippen molar-refractivity contribution in [3.8, 4) is 0 Å². The highest BCUT2D eigenvalue weighted by Crippen LogP contribution is 2.59. The predicted molar refractivity (Wildman–Crippen MR) is 94.4 cm³/mol. The maximum Gasteiger partial charge on any atom is 0.309 e. The number of non-ortho nitro benzene ring substituents is 1. The molecule has 4 bridgehead atoms. The van der Waals surface area contributed by atoms with Crippen molar-refractivity contribution in [3.05, 3.63) is 38.4 Å². The number of nitrogens with one attached hydrogen (secondary N) is 1. The zero-order valence-corrected chi connectivity index (χ0v) is 14.3. The SMILES string of the molecule is O=C(O)C12CC3C[C@H](C1)C(=NNc1ccc([N+](=O)[O-])cc1[N+](=O)[O-])[C@H](C3)C2. The Balaban J connectivity index is 1.60. The van der Waals surface area contributed by atoms with Crippen LogP contribution in [0.2, 0.25) is 0 Å². The molecule has 142 valence electrons. The van der Waals surface area contributed by atoms with Gasteiger partial charge >= 0.3 is 11.7 Å². The van der Waals surface area contributed by atoms with Gasteiger partial charge in [0.15, 0.2) is 0 Å². The molecule has 4 saturated carbocycles. The molecule has 0 unspecified atom stereocenters. The largest absolute Gasteiger partial charge is 0.481 e. The van der Waals surface area contributed by atoms with Crippen LogP contribution in [0.15, 0.2) is 23.3 Å². The van der Waals surface area contributed by atoms with Crippen molar-refractivity contribution >= 4 is 28.7 Å². The van der Waals surface area contributed by atoms with Crippen LogP contribution in [0, 0.1) is 43.4 Å². The van der Waals surface area contributed by atoms with Crippen molar-refractivity contribution in [2.24, 2.45) is 28.3 Å². The highest BCUT2D eigenvalue weighted by atomic mass is 16.6. The Kier molecular flexibility index (Phi) is 3.86. The van der Waals surface area contributed by atoms with Gasteiger partial charge in [-0.1, -0.05) is 0 Å². The molecule has 5 rings (SSSR count). The van der Waals surface area contributed by atoms with E-state index < -0.39 is 26.9 Å². The average Bonchev–Trinajstić information content (AvgIpc) is 2.60. The smallest absolute Gasteiger partial charge is 0.309 e. The van der Waals surface area contributed by atoms with Crippen molar-refractivity contribution in [1.29, 1.82) is 0 Å². The van der Waals surface area contributed by atoms with E-state index in [0.29, 0.717) is 18.8 Å². The maximum atomic E-state index is 11.8. The van der Waals surface area contributed by atoms with Gasteiger partial charge in [0.1, 0.15) is 5.69 Å². The van der Waals surface area contributed by atoms with E-state index in [1.807, 2.05) is 0 Å². The van der Waals surface area contributed by atoms with Crippen LogP contribution < -0.4 is 5.43 Å². The fraction of sp³-hybridized carbons (Fsp3) is 0.529. The summed E-state index contributed by atoms with van der Waals surface area (Å²) in [6.45, 7) is 0. The molecule has 10 nitrogen and oxygen atoms in total. The summed E-state index contributed by atoms with van der Waals surface area (Å²) in [7, 11) is 0. The molecule has 27 heavy (non-hydrogen) atoms. The van der Waals surface area contributed by atoms with Gasteiger partial charge in [-0.05, 0) is 44.1 Å². The normalized spacial score (nSPS) is 30.8. The Hall–Kier alpha value is -3.04. The fourth-order valence-electron chi connectivity index (χ4n) is 5.21. The van der Waals surface area contributed by atoms with E-state index >= 15 is 0 Å². The number of nitro benzene ring substituents is 2. The Morgan fingerprint density at radius 3 is 2.37 bits per heavy atom. The molecule has 2 N–H and O–H groups in total. The zero-order chi connectivity index (χ0) is 19.3. The summed E-state index contributed by atoms with van der Waals surface area (Å²) in [5.41, 5.74) is 2.22. The molecule has 10 heteroatoms. The lowest BCUT2D eigenvalue weighted by Gasteiger charge is -2.54. The lowest BCUT2D eigenvalue weighted by Crippen LogP contribution is -2.54. The minimum Gasteiger partial charge on any atom is -0.481 e. The molecular weight excluding hydrogens is 356 g/mol. The first kappa shape index (κ1) is 17.4. The van der Waals surface area contributed by atoms with Gasteiger partial charge in [-0.3, -0.25) is 30.4 Å². The van der Waals surface area contributed by atoms with Crippen molar-refractivity contribution in [1.82, 2.24) is 0 Å². The third-order valence-electron chi connectivity index (χ3n) is 6.17. The molecule has 0 aliphatic heterocycles. The lowest BCUT2D eigenvalue weighted by atomic mass is 9.49. The Labute approximate surface area is 153 Å². The summed E-state index contributed by atoms with van der Waals surface area (Å²) in [4.78, 5) is 32.5. The van der Waals surface area contributed by atoms with Crippen molar-refractivity contribution in [2.45, 2.75) is 32.1 Å². The van der Waals surface area contributed by atoms with Crippen LogP contribution in [0.1, 0.15) is 32.1 Å². The second-order valence-corrected chi connectivity index (χ2v) is 7.79. The number of carbonyl (C=O) groups is 1. The summed E-state index contributed by atoms with van der Waals surface area (Å²) in [6.07, 6.45) is 3.63. The van der Waals surface area contributed by atoms with Crippen LogP contribution in [-0.2, 0) is 4.79 Å². The number of carboxylic acid groups (broad SMARTS) is 1. The third kappa shape index (κ3) is 2.81. The molecule has 1 aromatic carbocycles. The summed E-state index contributed by atoms with van der Waals surface area (Å²) in [6, 6.07) is 3.36. The van der Waals surface area contributed by atoms with E-state index in [2.05, 4.69) is 10.5 Å². The van der Waals surface area contributed by atoms with Crippen LogP contribution in [0.25, 0.3) is 0 Å². The highest BCUT2D eigenvalue weighted by molar-refractivity contribution is 5.94. The molecule has 4 aliphatic rings. The van der Waals surface area contributed by atoms with Gasteiger partial charge in [0.2, 0.25) is 0 Å². The number of hydrogen-bond donors (Lipinski definition) is 2. The summed E-state index contributed by atoms with van der Waals surface area (Å²) in [5.74, 6) is -0.208. The van der Waals surface area contributed by atoms with Crippen LogP contribution in [0.5, 0.6) is 0 Å². The highest BCUT2D eigenvalue weighted by Gasteiger charge is 2.57. The van der Waals surface area contributed by atoms with Crippen LogP contribution in [-0.4, -0.2) is 26.6 Å². The fourth-order valence-corrected chi connectivity index (χ4v) is 5.21. The number of hydrazone groups is 1. The minimum atomic E-state index is -0.736. The molecule has 0 saturated heterocycles. The number of anilines is 1. The molecule has 0 radical (unpaired) electrons. The number of hydrogen-bond acceptors (Lipinski definition) is 7. The lowest BCUT2D eigenvalue weighted by molar-refractivity contribution is -0.393. The maximum absolute atomic E-state index is 11.8. The summed E-state index contributed by atoms with van der Waals surface area (Å²) < 4.78 is 0. The molecule has 0 amide bonds. The van der Waals surface area contributed by atoms with Gasteiger partial charge in [0.05, 0.1) is 21.3 Å². The van der Waals surface area contributed by atoms with E-state index in [-0.39, 0.29) is 23.2 Å². The van der Waals surface area contributed by atoms with Crippen LogP contribution in [0.4, 0.5) is 17.1 Å². The number of benzene rings is 1. The van der Waals surface area contributed by atoms with E-state index in [0.717, 1.165) is 31.0 Å². The molecule has 0 aromatic heterocycles. The first-order valence-electron chi connectivity index (χ1n) is 8.79. The van der Waals surface area contributed by atoms with E-state index in [1.165, 1.54) is 12.1 Å². The summed E-state index contributed by atoms with van der Waals surface area (Å²) >= 11 is 0. The number of rotatable bonds is 5. The monoisotopic (exact) mass is 374 g/mol. The molecule has 1 aromatic rings. The molecule has 0 spiro atoms. The second-order valence-electron chi connectivity index (χ2n) is 7.79. The van der Waals surface area contributed by atoms with E-state index in [9.17, 15) is 30.1 Å². The van der Waals surface area contributed by atoms with E-state index in [4.69, 9.17) is 0 Å². The first-order valence-corrected chi connectivity index (χ1v) is 8.79. The van der Waals surface area contributed by atoms with Gasteiger partial charge in [-0.25, -0.2) is 0 Å². The molecule has 4 aliphatic carbocycles. The Morgan fingerprint density at radius 2 is 1.81 bits per heavy atom. The van der Waals surface area contributed by atoms with Gasteiger partial charge in [0, 0.05) is 23.6 Å². The Bertz CT molecular complexity index is 864. The molecular formula is C17H18N4O6. The van der Waals surface area contributed by atoms with Gasteiger partial charge in [-0.2, -0.15) is 5.10 Å². The quantitative estimate of drug-likeness (QED) is 0.594. The average molecular weight is 374 g/mol. The standard InChI is InChI=1S/C17H18N4O6/c22-16(23)17-6-9-3-10(7-17)15(11(4-9)8-17)19-18-13-2-1-12(20(24)25)5-14(13)21(26)27/h1-2,5,9-11,18H,3-4,6-8H2,(H,22,23)/t9?,10-,11-,17?/m1/s1. The van der Waals surface area contributed by atoms with Gasteiger partial charge < -0.3 is 5.11 Å².